The van der Waals surface area contributed by atoms with Crippen molar-refractivity contribution in [2.75, 3.05) is 0 Å². The highest BCUT2D eigenvalue weighted by Crippen LogP contribution is 2.07. The van der Waals surface area contributed by atoms with Crippen LogP contribution in [0, 0.1) is 47.9 Å². The molecule has 0 amide bonds. The molecule has 0 aliphatic rings. The van der Waals surface area contributed by atoms with E-state index in [1.807, 2.05) is 20.8 Å². The molecule has 0 aromatic rings. The summed E-state index contributed by atoms with van der Waals surface area (Å²) in [6.07, 6.45) is 6.18. The maximum Gasteiger partial charge on any atom is 0.0943 e. The second-order valence-electron chi connectivity index (χ2n) is 2.50. The Morgan fingerprint density at radius 1 is 1.33 bits per heavy atom. The maximum atomic E-state index is 5.32. The Morgan fingerprint density at radius 3 is 2.42 bits per heavy atom. The quantitative estimate of drug-likeness (QED) is 0.514. The Hall–Kier alpha value is -1.32. The van der Waals surface area contributed by atoms with Gasteiger partial charge < -0.3 is 0 Å². The molecule has 62 valence electrons. The molecule has 0 heterocycles. The van der Waals surface area contributed by atoms with Gasteiger partial charge in [0.1, 0.15) is 0 Å². The van der Waals surface area contributed by atoms with Gasteiger partial charge in [0.05, 0.1) is 5.92 Å². The van der Waals surface area contributed by atoms with Gasteiger partial charge in [0.2, 0.25) is 0 Å². The minimum atomic E-state index is -0.0163. The molecule has 0 aromatic heterocycles. The molecule has 0 spiro atoms. The zero-order valence-corrected chi connectivity index (χ0v) is 7.94. The van der Waals surface area contributed by atoms with E-state index in [2.05, 4.69) is 29.6 Å². The fourth-order valence-electron chi connectivity index (χ4n) is 0.834. The third-order valence-electron chi connectivity index (χ3n) is 1.49. The van der Waals surface area contributed by atoms with E-state index < -0.39 is 0 Å². The van der Waals surface area contributed by atoms with Gasteiger partial charge >= 0.3 is 0 Å². The van der Waals surface area contributed by atoms with Crippen LogP contribution in [0.15, 0.2) is 0 Å². The Kier molecular flexibility index (Phi) is 5.69. The maximum absolute atomic E-state index is 5.32. The van der Waals surface area contributed by atoms with Crippen LogP contribution >= 0.6 is 0 Å². The molecule has 0 saturated carbocycles. The normalized spacial score (nSPS) is 12.5. The van der Waals surface area contributed by atoms with E-state index in [-0.39, 0.29) is 11.8 Å². The second-order valence-corrected chi connectivity index (χ2v) is 2.50. The molecule has 2 unspecified atom stereocenters. The molecule has 0 saturated heterocycles. The molecule has 0 aliphatic carbocycles. The van der Waals surface area contributed by atoms with Crippen molar-refractivity contribution in [3.63, 3.8) is 0 Å². The van der Waals surface area contributed by atoms with Crippen LogP contribution in [-0.2, 0) is 0 Å². The Balaban J connectivity index is 4.33. The molecule has 0 N–H and O–H groups in total. The van der Waals surface area contributed by atoms with Gasteiger partial charge in [-0.05, 0) is 13.8 Å². The summed E-state index contributed by atoms with van der Waals surface area (Å²) >= 11 is 0. The summed E-state index contributed by atoms with van der Waals surface area (Å²) in [5, 5.41) is 0. The van der Waals surface area contributed by atoms with E-state index in [1.165, 1.54) is 0 Å². The van der Waals surface area contributed by atoms with Crippen molar-refractivity contribution in [2.24, 2.45) is 11.8 Å². The molecular formula is C12H14. The van der Waals surface area contributed by atoms with Crippen molar-refractivity contribution in [2.45, 2.75) is 27.2 Å². The van der Waals surface area contributed by atoms with Crippen LogP contribution in [0.3, 0.4) is 0 Å². The standard InChI is InChI=1S/C12H14/c1-5-8-10-12(7-3)11(4)9-6-2/h3,11-12H,5H2,1-2,4H3. The van der Waals surface area contributed by atoms with Gasteiger partial charge in [0, 0.05) is 12.3 Å². The summed E-state index contributed by atoms with van der Waals surface area (Å²) in [7, 11) is 0. The van der Waals surface area contributed by atoms with Crippen LogP contribution in [0.5, 0.6) is 0 Å². The lowest BCUT2D eigenvalue weighted by Crippen LogP contribution is -2.04. The third kappa shape index (κ3) is 3.75. The first-order valence-electron chi connectivity index (χ1n) is 4.13. The number of rotatable bonds is 1. The monoisotopic (exact) mass is 158 g/mol. The number of hydrogen-bond donors (Lipinski definition) is 0. The van der Waals surface area contributed by atoms with Crippen molar-refractivity contribution in [1.29, 1.82) is 0 Å². The summed E-state index contributed by atoms with van der Waals surface area (Å²) in [4.78, 5) is 0. The lowest BCUT2D eigenvalue weighted by molar-refractivity contribution is 0.671. The second kappa shape index (κ2) is 6.39. The van der Waals surface area contributed by atoms with Crippen LogP contribution < -0.4 is 0 Å². The van der Waals surface area contributed by atoms with E-state index >= 15 is 0 Å². The lowest BCUT2D eigenvalue weighted by Gasteiger charge is -2.05. The summed E-state index contributed by atoms with van der Waals surface area (Å²) in [5.41, 5.74) is 0. The predicted molar refractivity (Wildman–Crippen MR) is 53.0 cm³/mol. The Morgan fingerprint density at radius 2 is 2.00 bits per heavy atom. The number of terminal acetylenes is 1. The van der Waals surface area contributed by atoms with Gasteiger partial charge in [-0.2, -0.15) is 0 Å². The van der Waals surface area contributed by atoms with Gasteiger partial charge in [0.15, 0.2) is 0 Å². The van der Waals surface area contributed by atoms with Crippen LogP contribution in [0.25, 0.3) is 0 Å². The first kappa shape index (κ1) is 10.7. The van der Waals surface area contributed by atoms with Crippen molar-refractivity contribution < 1.29 is 0 Å². The minimum Gasteiger partial charge on any atom is -0.119 e. The average Bonchev–Trinajstić information content (AvgIpc) is 2.06. The molecule has 12 heavy (non-hydrogen) atoms. The zero-order valence-electron chi connectivity index (χ0n) is 7.94. The SMILES string of the molecule is C#CC(C#CCC)C(C)C#CC. The fraction of sp³-hybridized carbons (Fsp3) is 0.500. The van der Waals surface area contributed by atoms with E-state index in [9.17, 15) is 0 Å². The Bertz CT molecular complexity index is 269. The van der Waals surface area contributed by atoms with E-state index in [0.717, 1.165) is 6.42 Å². The van der Waals surface area contributed by atoms with E-state index in [1.54, 1.807) is 0 Å². The highest BCUT2D eigenvalue weighted by Gasteiger charge is 2.07. The lowest BCUT2D eigenvalue weighted by atomic mass is 9.96. The summed E-state index contributed by atoms with van der Waals surface area (Å²) in [6, 6.07) is 0. The van der Waals surface area contributed by atoms with Crippen LogP contribution in [0.4, 0.5) is 0 Å². The smallest absolute Gasteiger partial charge is 0.0943 e. The topological polar surface area (TPSA) is 0 Å². The molecule has 0 nitrogen and oxygen atoms in total. The first-order chi connectivity index (χ1) is 5.76. The summed E-state index contributed by atoms with van der Waals surface area (Å²) < 4.78 is 0. The predicted octanol–water partition coefficient (Wildman–Crippen LogP) is 2.31. The van der Waals surface area contributed by atoms with Crippen LogP contribution in [0.2, 0.25) is 0 Å². The van der Waals surface area contributed by atoms with Gasteiger partial charge in [-0.3, -0.25) is 0 Å². The molecule has 0 heteroatoms. The van der Waals surface area contributed by atoms with Crippen LogP contribution in [-0.4, -0.2) is 0 Å². The highest BCUT2D eigenvalue weighted by molar-refractivity contribution is 5.20. The first-order valence-corrected chi connectivity index (χ1v) is 4.13. The van der Waals surface area contributed by atoms with Crippen molar-refractivity contribution in [3.05, 3.63) is 0 Å². The molecular weight excluding hydrogens is 144 g/mol. The molecule has 2 atom stereocenters. The van der Waals surface area contributed by atoms with Crippen LogP contribution in [0.1, 0.15) is 27.2 Å². The van der Waals surface area contributed by atoms with E-state index in [4.69, 9.17) is 6.42 Å². The van der Waals surface area contributed by atoms with E-state index in [0.29, 0.717) is 0 Å². The fourth-order valence-corrected chi connectivity index (χ4v) is 0.834. The minimum absolute atomic E-state index is 0.0163. The van der Waals surface area contributed by atoms with Gasteiger partial charge in [-0.25, -0.2) is 0 Å². The third-order valence-corrected chi connectivity index (χ3v) is 1.49. The Labute approximate surface area is 75.8 Å². The van der Waals surface area contributed by atoms with Crippen molar-refractivity contribution in [3.8, 4) is 36.0 Å². The van der Waals surface area contributed by atoms with Crippen molar-refractivity contribution in [1.82, 2.24) is 0 Å². The zero-order chi connectivity index (χ0) is 9.40. The largest absolute Gasteiger partial charge is 0.119 e. The molecule has 0 radical (unpaired) electrons. The molecule has 0 aliphatic heterocycles. The van der Waals surface area contributed by atoms with Gasteiger partial charge in [-0.15, -0.1) is 18.3 Å². The summed E-state index contributed by atoms with van der Waals surface area (Å²) in [6.45, 7) is 5.83. The van der Waals surface area contributed by atoms with Gasteiger partial charge in [-0.1, -0.05) is 24.7 Å². The summed E-state index contributed by atoms with van der Waals surface area (Å²) in [5.74, 6) is 14.7. The highest BCUT2D eigenvalue weighted by atomic mass is 14.1. The number of hydrogen-bond acceptors (Lipinski definition) is 0. The van der Waals surface area contributed by atoms with Gasteiger partial charge in [0.25, 0.3) is 0 Å². The molecule has 0 bridgehead atoms. The molecule has 0 rings (SSSR count). The molecule has 0 aromatic carbocycles. The molecule has 0 fully saturated rings. The average molecular weight is 158 g/mol. The van der Waals surface area contributed by atoms with Crippen molar-refractivity contribution >= 4 is 0 Å².